The summed E-state index contributed by atoms with van der Waals surface area (Å²) in [5, 5.41) is 8.95. The zero-order valence-corrected chi connectivity index (χ0v) is 25.5. The number of aliphatic imine (C=N–C) groups is 1. The third-order valence-electron chi connectivity index (χ3n) is 7.96. The first-order valence-corrected chi connectivity index (χ1v) is 14.6. The van der Waals surface area contributed by atoms with Crippen LogP contribution in [0, 0.1) is 11.6 Å². The van der Waals surface area contributed by atoms with Crippen molar-refractivity contribution in [3.63, 3.8) is 0 Å². The summed E-state index contributed by atoms with van der Waals surface area (Å²) in [6.07, 6.45) is -3.90. The lowest BCUT2D eigenvalue weighted by Gasteiger charge is -2.46. The van der Waals surface area contributed by atoms with Gasteiger partial charge in [0.15, 0.2) is 11.6 Å². The van der Waals surface area contributed by atoms with E-state index in [-0.39, 0.29) is 42.1 Å². The van der Waals surface area contributed by atoms with E-state index in [1.165, 1.54) is 42.0 Å². The van der Waals surface area contributed by atoms with E-state index in [1.807, 2.05) is 18.2 Å². The van der Waals surface area contributed by atoms with Crippen LogP contribution in [0.3, 0.4) is 0 Å². The van der Waals surface area contributed by atoms with E-state index < -0.39 is 59.4 Å². The normalized spacial score (nSPS) is 16.3. The maximum atomic E-state index is 15.7. The first-order valence-electron chi connectivity index (χ1n) is 14.6. The van der Waals surface area contributed by atoms with Crippen molar-refractivity contribution in [2.45, 2.75) is 51.5 Å². The Balaban J connectivity index is 1.83. The fraction of sp³-hybridized carbons (Fsp3) is 0.324. The Morgan fingerprint density at radius 2 is 1.74 bits per heavy atom. The number of alkyl halides is 3. The fourth-order valence-corrected chi connectivity index (χ4v) is 5.55. The molecule has 7 nitrogen and oxygen atoms in total. The molecule has 0 saturated heterocycles. The van der Waals surface area contributed by atoms with Crippen LogP contribution < -0.4 is 4.74 Å². The molecule has 0 fully saturated rings. The van der Waals surface area contributed by atoms with Crippen LogP contribution in [0.15, 0.2) is 77.4 Å². The van der Waals surface area contributed by atoms with E-state index in [0.29, 0.717) is 6.42 Å². The van der Waals surface area contributed by atoms with E-state index in [2.05, 4.69) is 4.99 Å². The van der Waals surface area contributed by atoms with Gasteiger partial charge in [0, 0.05) is 55.0 Å². The molecular formula is C34H34F5N3O4. The van der Waals surface area contributed by atoms with Crippen molar-refractivity contribution < 1.29 is 41.4 Å². The minimum absolute atomic E-state index is 0.0191. The molecule has 0 aromatic heterocycles. The van der Waals surface area contributed by atoms with Crippen LogP contribution in [-0.4, -0.2) is 59.4 Å². The van der Waals surface area contributed by atoms with Crippen LogP contribution in [0.1, 0.15) is 54.9 Å². The van der Waals surface area contributed by atoms with Gasteiger partial charge >= 0.3 is 12.1 Å². The van der Waals surface area contributed by atoms with Crippen LogP contribution >= 0.6 is 0 Å². The molecule has 12 heteroatoms. The molecule has 3 aromatic carbocycles. The summed E-state index contributed by atoms with van der Waals surface area (Å²) in [6, 6.07) is 16.0. The predicted molar refractivity (Wildman–Crippen MR) is 163 cm³/mol. The first-order chi connectivity index (χ1) is 21.8. The summed E-state index contributed by atoms with van der Waals surface area (Å²) >= 11 is 0. The van der Waals surface area contributed by atoms with Gasteiger partial charge in [0.05, 0.1) is 18.2 Å². The molecule has 0 saturated carbocycles. The molecule has 1 aliphatic rings. The van der Waals surface area contributed by atoms with Crippen LogP contribution in [0.5, 0.6) is 5.75 Å². The van der Waals surface area contributed by atoms with Crippen LogP contribution in [0.2, 0.25) is 0 Å². The van der Waals surface area contributed by atoms with Gasteiger partial charge in [-0.15, -0.1) is 0 Å². The third-order valence-corrected chi connectivity index (χ3v) is 7.96. The van der Waals surface area contributed by atoms with Crippen LogP contribution in [-0.2, 0) is 22.3 Å². The summed E-state index contributed by atoms with van der Waals surface area (Å²) in [4.78, 5) is 32.5. The molecule has 0 radical (unpaired) electrons. The Hall–Kier alpha value is -4.74. The van der Waals surface area contributed by atoms with Crippen LogP contribution in [0.4, 0.5) is 22.0 Å². The highest BCUT2D eigenvalue weighted by atomic mass is 19.4. The van der Waals surface area contributed by atoms with Gasteiger partial charge in [-0.25, -0.2) is 8.78 Å². The fourth-order valence-electron chi connectivity index (χ4n) is 5.55. The van der Waals surface area contributed by atoms with Gasteiger partial charge in [0.25, 0.3) is 5.91 Å². The number of hydrogen-bond donors (Lipinski definition) is 1. The Morgan fingerprint density at radius 1 is 1.04 bits per heavy atom. The summed E-state index contributed by atoms with van der Waals surface area (Å²) in [5.74, 6) is -4.09. The largest absolute Gasteiger partial charge is 0.494 e. The van der Waals surface area contributed by atoms with Gasteiger partial charge < -0.3 is 19.6 Å². The SMILES string of the molecule is COc1cccc(C2=C(C)N(Cc3c(F)cccc3C(F)(F)F)C(C)N(C[C@H](C=NCCCC(=O)O)c3ccccc3)C2=O)c1F. The number of rotatable bonds is 12. The highest BCUT2D eigenvalue weighted by molar-refractivity contribution is 6.21. The molecule has 244 valence electrons. The van der Waals surface area contributed by atoms with Crippen molar-refractivity contribution in [3.05, 3.63) is 106 Å². The van der Waals surface area contributed by atoms with Gasteiger partial charge in [0.2, 0.25) is 0 Å². The van der Waals surface area contributed by atoms with Crippen molar-refractivity contribution in [1.82, 2.24) is 9.80 Å². The van der Waals surface area contributed by atoms with Gasteiger partial charge in [-0.2, -0.15) is 13.2 Å². The number of nitrogens with zero attached hydrogens (tertiary/aromatic N) is 3. The van der Waals surface area contributed by atoms with E-state index in [0.717, 1.165) is 23.8 Å². The molecule has 0 aliphatic carbocycles. The van der Waals surface area contributed by atoms with Gasteiger partial charge in [-0.05, 0) is 44.0 Å². The zero-order chi connectivity index (χ0) is 33.6. The number of benzene rings is 3. The predicted octanol–water partition coefficient (Wildman–Crippen LogP) is 7.13. The quantitative estimate of drug-likeness (QED) is 0.129. The Labute approximate surface area is 263 Å². The van der Waals surface area contributed by atoms with Crippen molar-refractivity contribution in [3.8, 4) is 5.75 Å². The lowest BCUT2D eigenvalue weighted by molar-refractivity contribution is -0.139. The minimum atomic E-state index is -4.85. The van der Waals surface area contributed by atoms with Gasteiger partial charge in [-0.1, -0.05) is 48.5 Å². The molecule has 4 rings (SSSR count). The number of carboxylic acid groups (broad SMARTS) is 1. The molecule has 1 amide bonds. The van der Waals surface area contributed by atoms with Crippen molar-refractivity contribution >= 4 is 23.7 Å². The standard InChI is InChI=1S/C34H34F5N3O4/c1-21-31(25-12-7-15-29(46-3)32(25)36)33(45)42(19-24(23-10-5-4-6-11-23)18-40-17-9-16-30(43)44)22(2)41(21)20-26-27(34(37,38)39)13-8-14-28(26)35/h4-8,10-15,18,22,24H,9,16-17,19-20H2,1-3H3,(H,43,44)/t22?,24-/m0/s1. The summed E-state index contributed by atoms with van der Waals surface area (Å²) in [7, 11) is 1.27. The molecule has 1 N–H and O–H groups in total. The number of carbonyl (C=O) groups excluding carboxylic acids is 1. The molecule has 0 bridgehead atoms. The Morgan fingerprint density at radius 3 is 2.39 bits per heavy atom. The summed E-state index contributed by atoms with van der Waals surface area (Å²) in [6.45, 7) is 2.74. The number of carboxylic acids is 1. The van der Waals surface area contributed by atoms with Crippen molar-refractivity contribution in [2.75, 3.05) is 20.2 Å². The second kappa shape index (κ2) is 14.6. The molecule has 3 aromatic rings. The minimum Gasteiger partial charge on any atom is -0.494 e. The first kappa shape index (κ1) is 34.1. The van der Waals surface area contributed by atoms with E-state index in [1.54, 1.807) is 25.3 Å². The lowest BCUT2D eigenvalue weighted by atomic mass is 9.94. The van der Waals surface area contributed by atoms with Crippen LogP contribution in [0.25, 0.3) is 5.57 Å². The highest BCUT2D eigenvalue weighted by Gasteiger charge is 2.41. The molecule has 1 heterocycles. The number of ether oxygens (including phenoxy) is 1. The Kier molecular flexibility index (Phi) is 10.8. The average molecular weight is 644 g/mol. The van der Waals surface area contributed by atoms with Crippen molar-refractivity contribution in [1.29, 1.82) is 0 Å². The lowest BCUT2D eigenvalue weighted by Crippen LogP contribution is -2.54. The topological polar surface area (TPSA) is 82.4 Å². The number of aliphatic carboxylic acids is 1. The molecule has 2 atom stereocenters. The summed E-state index contributed by atoms with van der Waals surface area (Å²) in [5.41, 5.74) is -1.06. The number of amides is 1. The maximum Gasteiger partial charge on any atom is 0.416 e. The smallest absolute Gasteiger partial charge is 0.416 e. The van der Waals surface area contributed by atoms with Gasteiger partial charge in [-0.3, -0.25) is 14.6 Å². The van der Waals surface area contributed by atoms with Gasteiger partial charge in [0.1, 0.15) is 12.0 Å². The zero-order valence-electron chi connectivity index (χ0n) is 25.5. The molecular weight excluding hydrogens is 609 g/mol. The number of allylic oxidation sites excluding steroid dienone is 1. The number of methoxy groups -OCH3 is 1. The van der Waals surface area contributed by atoms with Crippen molar-refractivity contribution in [2.24, 2.45) is 4.99 Å². The molecule has 0 spiro atoms. The number of hydrogen-bond acceptors (Lipinski definition) is 5. The number of carbonyl (C=O) groups is 2. The maximum absolute atomic E-state index is 15.7. The summed E-state index contributed by atoms with van der Waals surface area (Å²) < 4.78 is 77.9. The third kappa shape index (κ3) is 7.55. The average Bonchev–Trinajstić information content (AvgIpc) is 3.01. The monoisotopic (exact) mass is 643 g/mol. The van der Waals surface area contributed by atoms with E-state index >= 15 is 8.78 Å². The highest BCUT2D eigenvalue weighted by Crippen LogP contribution is 2.39. The van der Waals surface area contributed by atoms with E-state index in [4.69, 9.17) is 9.84 Å². The Bertz CT molecular complexity index is 1620. The molecule has 46 heavy (non-hydrogen) atoms. The molecule has 1 aliphatic heterocycles. The second-order valence-corrected chi connectivity index (χ2v) is 10.8. The number of halogens is 5. The van der Waals surface area contributed by atoms with E-state index in [9.17, 15) is 22.8 Å². The molecule has 1 unspecified atom stereocenters. The second-order valence-electron chi connectivity index (χ2n) is 10.8.